The van der Waals surface area contributed by atoms with Crippen molar-refractivity contribution in [1.29, 1.82) is 0 Å². The summed E-state index contributed by atoms with van der Waals surface area (Å²) < 4.78 is 33.7. The molecule has 1 amide bonds. The number of amides is 1. The van der Waals surface area contributed by atoms with Crippen LogP contribution in [0.5, 0.6) is 0 Å². The summed E-state index contributed by atoms with van der Waals surface area (Å²) in [6, 6.07) is 11.1. The van der Waals surface area contributed by atoms with Crippen molar-refractivity contribution in [3.63, 3.8) is 0 Å². The van der Waals surface area contributed by atoms with E-state index in [0.29, 0.717) is 31.0 Å². The van der Waals surface area contributed by atoms with Gasteiger partial charge in [0.2, 0.25) is 5.43 Å². The molecule has 0 spiro atoms. The molecule has 9 heteroatoms. The van der Waals surface area contributed by atoms with Crippen LogP contribution >= 0.6 is 0 Å². The normalized spacial score (nSPS) is 15.6. The highest BCUT2D eigenvalue weighted by molar-refractivity contribution is 5.86. The number of aromatic nitrogens is 2. The zero-order valence-electron chi connectivity index (χ0n) is 17.1. The maximum atomic E-state index is 13.6. The van der Waals surface area contributed by atoms with Crippen LogP contribution in [0.15, 0.2) is 59.5 Å². The molecule has 0 saturated carbocycles. The first-order valence-electron chi connectivity index (χ1n) is 10.1. The van der Waals surface area contributed by atoms with Gasteiger partial charge in [-0.15, -0.1) is 0 Å². The molecule has 4 rings (SSSR count). The molecule has 166 valence electrons. The second-order valence-electron chi connectivity index (χ2n) is 7.67. The van der Waals surface area contributed by atoms with Crippen LogP contribution in [0.1, 0.15) is 17.7 Å². The van der Waals surface area contributed by atoms with E-state index < -0.39 is 17.7 Å². The smallest absolute Gasteiger partial charge is 0.411 e. The third-order valence-electron chi connectivity index (χ3n) is 5.28. The molecule has 1 fully saturated rings. The molecule has 32 heavy (non-hydrogen) atoms. The van der Waals surface area contributed by atoms with Gasteiger partial charge < -0.3 is 9.84 Å². The first kappa shape index (κ1) is 21.6. The summed E-state index contributed by atoms with van der Waals surface area (Å²) >= 11 is 0. The highest BCUT2D eigenvalue weighted by Gasteiger charge is 2.23. The molecule has 1 saturated heterocycles. The SMILES string of the molecule is O=C(O)N(CC1CCOC1)c1cccc(Cc2nn(-c3cc(F)cc(F)c3)ccc2=O)c1. The second kappa shape index (κ2) is 9.27. The highest BCUT2D eigenvalue weighted by atomic mass is 19.1. The van der Waals surface area contributed by atoms with Gasteiger partial charge in [-0.05, 0) is 36.2 Å². The lowest BCUT2D eigenvalue weighted by Crippen LogP contribution is -2.34. The van der Waals surface area contributed by atoms with Gasteiger partial charge in [-0.1, -0.05) is 12.1 Å². The Morgan fingerprint density at radius 2 is 1.97 bits per heavy atom. The van der Waals surface area contributed by atoms with Crippen LogP contribution in [0.4, 0.5) is 19.3 Å². The monoisotopic (exact) mass is 441 g/mol. The average Bonchev–Trinajstić information content (AvgIpc) is 3.26. The van der Waals surface area contributed by atoms with E-state index in [2.05, 4.69) is 5.10 Å². The largest absolute Gasteiger partial charge is 0.465 e. The van der Waals surface area contributed by atoms with Crippen LogP contribution in [0.2, 0.25) is 0 Å². The lowest BCUT2D eigenvalue weighted by atomic mass is 10.1. The van der Waals surface area contributed by atoms with Crippen molar-refractivity contribution in [2.75, 3.05) is 24.7 Å². The lowest BCUT2D eigenvalue weighted by Gasteiger charge is -2.22. The van der Waals surface area contributed by atoms with Crippen LogP contribution in [0.25, 0.3) is 5.69 Å². The minimum atomic E-state index is -1.07. The Hall–Kier alpha value is -3.59. The van der Waals surface area contributed by atoms with Gasteiger partial charge in [-0.3, -0.25) is 9.69 Å². The van der Waals surface area contributed by atoms with E-state index in [-0.39, 0.29) is 29.1 Å². The standard InChI is InChI=1S/C23H21F2N3O4/c24-17-10-18(25)12-20(11-17)28-6-4-22(29)21(26-28)9-15-2-1-3-19(8-15)27(23(30)31)13-16-5-7-32-14-16/h1-4,6,8,10-12,16H,5,7,9,13-14H2,(H,30,31). The van der Waals surface area contributed by atoms with E-state index in [1.807, 2.05) is 0 Å². The second-order valence-corrected chi connectivity index (χ2v) is 7.67. The predicted octanol–water partition coefficient (Wildman–Crippen LogP) is 3.62. The maximum Gasteiger partial charge on any atom is 0.411 e. The maximum absolute atomic E-state index is 13.6. The molecule has 1 aromatic heterocycles. The van der Waals surface area contributed by atoms with Crippen molar-refractivity contribution in [2.24, 2.45) is 5.92 Å². The predicted molar refractivity (Wildman–Crippen MR) is 113 cm³/mol. The molecule has 0 bridgehead atoms. The van der Waals surface area contributed by atoms with E-state index in [4.69, 9.17) is 4.74 Å². The van der Waals surface area contributed by atoms with Crippen molar-refractivity contribution in [3.8, 4) is 5.69 Å². The van der Waals surface area contributed by atoms with Crippen molar-refractivity contribution in [2.45, 2.75) is 12.8 Å². The quantitative estimate of drug-likeness (QED) is 0.632. The minimum Gasteiger partial charge on any atom is -0.465 e. The van der Waals surface area contributed by atoms with Crippen LogP contribution in [0.3, 0.4) is 0 Å². The number of anilines is 1. The number of carboxylic acid groups (broad SMARTS) is 1. The molecule has 1 aliphatic rings. The molecule has 0 aliphatic carbocycles. The first-order chi connectivity index (χ1) is 15.4. The van der Waals surface area contributed by atoms with Crippen molar-refractivity contribution >= 4 is 11.8 Å². The molecule has 1 atom stereocenters. The molecule has 2 heterocycles. The minimum absolute atomic E-state index is 0.129. The van der Waals surface area contributed by atoms with E-state index in [1.165, 1.54) is 21.8 Å². The van der Waals surface area contributed by atoms with Gasteiger partial charge in [0.1, 0.15) is 17.3 Å². The van der Waals surface area contributed by atoms with Gasteiger partial charge in [0.25, 0.3) is 0 Å². The van der Waals surface area contributed by atoms with Crippen LogP contribution in [-0.2, 0) is 11.2 Å². The Balaban J connectivity index is 1.60. The van der Waals surface area contributed by atoms with Gasteiger partial charge in [0, 0.05) is 49.5 Å². The summed E-state index contributed by atoms with van der Waals surface area (Å²) in [5.41, 5.74) is 1.16. The van der Waals surface area contributed by atoms with Crippen LogP contribution in [0, 0.1) is 17.6 Å². The van der Waals surface area contributed by atoms with E-state index >= 15 is 0 Å². The van der Waals surface area contributed by atoms with Gasteiger partial charge in [0.15, 0.2) is 0 Å². The average molecular weight is 441 g/mol. The number of halogens is 2. The third-order valence-corrected chi connectivity index (χ3v) is 5.28. The Kier molecular flexibility index (Phi) is 6.27. The van der Waals surface area contributed by atoms with Crippen molar-refractivity contribution in [1.82, 2.24) is 9.78 Å². The molecular formula is C23H21F2N3O4. The van der Waals surface area contributed by atoms with E-state index in [9.17, 15) is 23.5 Å². The number of hydrogen-bond donors (Lipinski definition) is 1. The Morgan fingerprint density at radius 1 is 1.19 bits per heavy atom. The zero-order chi connectivity index (χ0) is 22.7. The topological polar surface area (TPSA) is 84.7 Å². The fourth-order valence-electron chi connectivity index (χ4n) is 3.69. The fourth-order valence-corrected chi connectivity index (χ4v) is 3.69. The number of nitrogens with zero attached hydrogens (tertiary/aromatic N) is 3. The summed E-state index contributed by atoms with van der Waals surface area (Å²) in [5.74, 6) is -1.38. The van der Waals surface area contributed by atoms with Gasteiger partial charge >= 0.3 is 6.09 Å². The molecule has 2 aromatic carbocycles. The lowest BCUT2D eigenvalue weighted by molar-refractivity contribution is 0.183. The van der Waals surface area contributed by atoms with E-state index in [0.717, 1.165) is 24.6 Å². The van der Waals surface area contributed by atoms with Crippen LogP contribution in [-0.4, -0.2) is 40.7 Å². The molecule has 7 nitrogen and oxygen atoms in total. The number of benzene rings is 2. The molecule has 0 radical (unpaired) electrons. The Labute approximate surface area is 182 Å². The summed E-state index contributed by atoms with van der Waals surface area (Å²) in [6.07, 6.45) is 1.21. The number of hydrogen-bond acceptors (Lipinski definition) is 4. The van der Waals surface area contributed by atoms with E-state index in [1.54, 1.807) is 24.3 Å². The molecule has 1 aliphatic heterocycles. The van der Waals surface area contributed by atoms with Crippen molar-refractivity contribution in [3.05, 3.63) is 87.8 Å². The number of rotatable bonds is 6. The molecule has 1 N–H and O–H groups in total. The van der Waals surface area contributed by atoms with Crippen LogP contribution < -0.4 is 10.3 Å². The summed E-state index contributed by atoms with van der Waals surface area (Å²) in [5, 5.41) is 13.9. The molecule has 1 unspecified atom stereocenters. The van der Waals surface area contributed by atoms with Gasteiger partial charge in [-0.2, -0.15) is 5.10 Å². The fraction of sp³-hybridized carbons (Fsp3) is 0.261. The summed E-state index contributed by atoms with van der Waals surface area (Å²) in [4.78, 5) is 25.5. The third kappa shape index (κ3) is 5.00. The van der Waals surface area contributed by atoms with Gasteiger partial charge in [-0.25, -0.2) is 18.3 Å². The number of carbonyl (C=O) groups is 1. The number of ether oxygens (including phenoxy) is 1. The van der Waals surface area contributed by atoms with Crippen molar-refractivity contribution < 1.29 is 23.4 Å². The first-order valence-corrected chi connectivity index (χ1v) is 10.1. The van der Waals surface area contributed by atoms with Gasteiger partial charge in [0.05, 0.1) is 12.3 Å². The molecular weight excluding hydrogens is 420 g/mol. The zero-order valence-corrected chi connectivity index (χ0v) is 17.1. The molecule has 3 aromatic rings. The Bertz CT molecular complexity index is 1170. The summed E-state index contributed by atoms with van der Waals surface area (Å²) in [6.45, 7) is 1.47. The Morgan fingerprint density at radius 3 is 2.66 bits per heavy atom. The summed E-state index contributed by atoms with van der Waals surface area (Å²) in [7, 11) is 0. The highest BCUT2D eigenvalue weighted by Crippen LogP contribution is 2.22.